The van der Waals surface area contributed by atoms with Crippen molar-refractivity contribution in [1.29, 1.82) is 0 Å². The first-order valence-electron chi connectivity index (χ1n) is 8.11. The standard InChI is InChI=1S/C17H22N4O/c1-17(22)10-12(11-17)18-15-16(21-8-4-5-9-21)20-14-7-3-2-6-13(14)19-15/h2-3,6-7,12,22H,4-5,8-11H2,1H3,(H,18,19). The minimum absolute atomic E-state index is 0.284. The predicted molar refractivity (Wildman–Crippen MR) is 88.3 cm³/mol. The van der Waals surface area contributed by atoms with Gasteiger partial charge in [-0.3, -0.25) is 0 Å². The second-order valence-corrected chi connectivity index (χ2v) is 6.83. The van der Waals surface area contributed by atoms with E-state index >= 15 is 0 Å². The summed E-state index contributed by atoms with van der Waals surface area (Å²) in [7, 11) is 0. The Bertz CT molecular complexity index is 686. The van der Waals surface area contributed by atoms with Crippen LogP contribution in [0.2, 0.25) is 0 Å². The molecule has 1 aliphatic heterocycles. The fourth-order valence-electron chi connectivity index (χ4n) is 3.53. The highest BCUT2D eigenvalue weighted by atomic mass is 16.3. The van der Waals surface area contributed by atoms with Crippen LogP contribution in [-0.4, -0.2) is 39.8 Å². The molecule has 1 aliphatic carbocycles. The maximum atomic E-state index is 9.93. The van der Waals surface area contributed by atoms with E-state index < -0.39 is 5.60 Å². The lowest BCUT2D eigenvalue weighted by Gasteiger charge is -2.41. The molecule has 1 saturated carbocycles. The zero-order chi connectivity index (χ0) is 15.2. The highest BCUT2D eigenvalue weighted by Crippen LogP contribution is 2.36. The molecule has 116 valence electrons. The van der Waals surface area contributed by atoms with Crippen LogP contribution in [0.4, 0.5) is 11.6 Å². The molecule has 22 heavy (non-hydrogen) atoms. The van der Waals surface area contributed by atoms with Gasteiger partial charge in [0.15, 0.2) is 11.6 Å². The van der Waals surface area contributed by atoms with Crippen molar-refractivity contribution < 1.29 is 5.11 Å². The number of fused-ring (bicyclic) bond motifs is 1. The van der Waals surface area contributed by atoms with Gasteiger partial charge in [-0.05, 0) is 44.7 Å². The van der Waals surface area contributed by atoms with Crippen molar-refractivity contribution >= 4 is 22.7 Å². The van der Waals surface area contributed by atoms with Gasteiger partial charge in [0.05, 0.1) is 16.6 Å². The van der Waals surface area contributed by atoms with Gasteiger partial charge >= 0.3 is 0 Å². The number of hydrogen-bond donors (Lipinski definition) is 2. The Kier molecular flexibility index (Phi) is 3.18. The first-order chi connectivity index (χ1) is 10.6. The molecule has 1 aromatic heterocycles. The van der Waals surface area contributed by atoms with Crippen LogP contribution in [0.15, 0.2) is 24.3 Å². The van der Waals surface area contributed by atoms with Crippen molar-refractivity contribution in [2.24, 2.45) is 0 Å². The van der Waals surface area contributed by atoms with Crippen LogP contribution in [0.25, 0.3) is 11.0 Å². The number of nitrogens with zero attached hydrogens (tertiary/aromatic N) is 3. The van der Waals surface area contributed by atoms with E-state index in [1.165, 1.54) is 12.8 Å². The Hall–Kier alpha value is -1.88. The molecule has 0 amide bonds. The zero-order valence-corrected chi connectivity index (χ0v) is 12.9. The van der Waals surface area contributed by atoms with E-state index in [1.807, 2.05) is 31.2 Å². The van der Waals surface area contributed by atoms with Gasteiger partial charge in [-0.2, -0.15) is 0 Å². The number of nitrogens with one attached hydrogen (secondary N) is 1. The van der Waals surface area contributed by atoms with Crippen molar-refractivity contribution in [2.45, 2.75) is 44.2 Å². The summed E-state index contributed by atoms with van der Waals surface area (Å²) in [5.74, 6) is 1.82. The molecule has 5 nitrogen and oxygen atoms in total. The van der Waals surface area contributed by atoms with E-state index in [4.69, 9.17) is 9.97 Å². The summed E-state index contributed by atoms with van der Waals surface area (Å²) < 4.78 is 0. The molecule has 2 aliphatic rings. The molecule has 1 saturated heterocycles. The van der Waals surface area contributed by atoms with E-state index in [9.17, 15) is 5.11 Å². The Morgan fingerprint density at radius 3 is 2.41 bits per heavy atom. The van der Waals surface area contributed by atoms with Crippen molar-refractivity contribution in [2.75, 3.05) is 23.3 Å². The molecule has 4 rings (SSSR count). The normalized spacial score (nSPS) is 27.9. The minimum Gasteiger partial charge on any atom is -0.390 e. The van der Waals surface area contributed by atoms with Gasteiger partial charge in [0.25, 0.3) is 0 Å². The Balaban J connectivity index is 1.68. The Morgan fingerprint density at radius 1 is 1.14 bits per heavy atom. The van der Waals surface area contributed by atoms with E-state index in [2.05, 4.69) is 10.2 Å². The van der Waals surface area contributed by atoms with Gasteiger partial charge in [0.1, 0.15) is 0 Å². The molecule has 2 aromatic rings. The second-order valence-electron chi connectivity index (χ2n) is 6.83. The highest BCUT2D eigenvalue weighted by molar-refractivity contribution is 5.80. The summed E-state index contributed by atoms with van der Waals surface area (Å²) in [4.78, 5) is 12.0. The number of anilines is 2. The van der Waals surface area contributed by atoms with Crippen LogP contribution in [0.1, 0.15) is 32.6 Å². The average Bonchev–Trinajstić information content (AvgIpc) is 2.98. The van der Waals surface area contributed by atoms with Crippen LogP contribution < -0.4 is 10.2 Å². The SMILES string of the molecule is CC1(O)CC(Nc2nc3ccccc3nc2N2CCCC2)C1. The molecular formula is C17H22N4O. The predicted octanol–water partition coefficient (Wildman–Crippen LogP) is 2.56. The number of aliphatic hydroxyl groups is 1. The van der Waals surface area contributed by atoms with Gasteiger partial charge in [-0.15, -0.1) is 0 Å². The van der Waals surface area contributed by atoms with Gasteiger partial charge < -0.3 is 15.3 Å². The first-order valence-corrected chi connectivity index (χ1v) is 8.11. The summed E-state index contributed by atoms with van der Waals surface area (Å²) >= 11 is 0. The lowest BCUT2D eigenvalue weighted by Crippen LogP contribution is -2.48. The Labute approximate surface area is 130 Å². The summed E-state index contributed by atoms with van der Waals surface area (Å²) in [6.45, 7) is 3.98. The molecule has 5 heteroatoms. The van der Waals surface area contributed by atoms with Crippen molar-refractivity contribution in [3.8, 4) is 0 Å². The minimum atomic E-state index is -0.532. The molecule has 0 spiro atoms. The topological polar surface area (TPSA) is 61.3 Å². The number of para-hydroxylation sites is 2. The maximum absolute atomic E-state index is 9.93. The summed E-state index contributed by atoms with van der Waals surface area (Å²) in [5, 5.41) is 13.4. The number of benzene rings is 1. The van der Waals surface area contributed by atoms with Gasteiger partial charge in [-0.25, -0.2) is 9.97 Å². The van der Waals surface area contributed by atoms with Gasteiger partial charge in [-0.1, -0.05) is 12.1 Å². The summed E-state index contributed by atoms with van der Waals surface area (Å²) in [5.41, 5.74) is 1.32. The molecule has 1 aromatic carbocycles. The number of aromatic nitrogens is 2. The van der Waals surface area contributed by atoms with E-state index in [1.54, 1.807) is 0 Å². The van der Waals surface area contributed by atoms with E-state index in [0.717, 1.165) is 48.6 Å². The smallest absolute Gasteiger partial charge is 0.172 e. The van der Waals surface area contributed by atoms with Crippen molar-refractivity contribution in [1.82, 2.24) is 9.97 Å². The molecular weight excluding hydrogens is 276 g/mol. The lowest BCUT2D eigenvalue weighted by molar-refractivity contribution is -0.0235. The van der Waals surface area contributed by atoms with Gasteiger partial charge in [0, 0.05) is 19.1 Å². The lowest BCUT2D eigenvalue weighted by atomic mass is 9.77. The fraction of sp³-hybridized carbons (Fsp3) is 0.529. The average molecular weight is 298 g/mol. The molecule has 2 heterocycles. The zero-order valence-electron chi connectivity index (χ0n) is 12.9. The van der Waals surface area contributed by atoms with Crippen LogP contribution in [0.5, 0.6) is 0 Å². The largest absolute Gasteiger partial charge is 0.390 e. The number of hydrogen-bond acceptors (Lipinski definition) is 5. The van der Waals surface area contributed by atoms with Crippen molar-refractivity contribution in [3.63, 3.8) is 0 Å². The summed E-state index contributed by atoms with van der Waals surface area (Å²) in [6, 6.07) is 8.29. The first kappa shape index (κ1) is 13.8. The molecule has 2 fully saturated rings. The molecule has 0 bridgehead atoms. The van der Waals surface area contributed by atoms with Crippen LogP contribution in [0, 0.1) is 0 Å². The second kappa shape index (κ2) is 5.09. The molecule has 2 N–H and O–H groups in total. The van der Waals surface area contributed by atoms with Crippen molar-refractivity contribution in [3.05, 3.63) is 24.3 Å². The third-order valence-corrected chi connectivity index (χ3v) is 4.67. The summed E-state index contributed by atoms with van der Waals surface area (Å²) in [6.07, 6.45) is 3.96. The maximum Gasteiger partial charge on any atom is 0.172 e. The monoisotopic (exact) mass is 298 g/mol. The number of rotatable bonds is 3. The Morgan fingerprint density at radius 2 is 1.77 bits per heavy atom. The van der Waals surface area contributed by atoms with E-state index in [0.29, 0.717) is 0 Å². The quantitative estimate of drug-likeness (QED) is 0.912. The highest BCUT2D eigenvalue weighted by Gasteiger charge is 2.39. The van der Waals surface area contributed by atoms with Crippen LogP contribution in [0.3, 0.4) is 0 Å². The van der Waals surface area contributed by atoms with Crippen LogP contribution >= 0.6 is 0 Å². The fourth-order valence-corrected chi connectivity index (χ4v) is 3.53. The molecule has 0 atom stereocenters. The molecule has 0 unspecified atom stereocenters. The van der Waals surface area contributed by atoms with Crippen LogP contribution in [-0.2, 0) is 0 Å². The third-order valence-electron chi connectivity index (χ3n) is 4.67. The van der Waals surface area contributed by atoms with Gasteiger partial charge in [0.2, 0.25) is 0 Å². The van der Waals surface area contributed by atoms with E-state index in [-0.39, 0.29) is 6.04 Å². The molecule has 0 radical (unpaired) electrons. The third kappa shape index (κ3) is 2.50.